The van der Waals surface area contributed by atoms with Gasteiger partial charge in [0.05, 0.1) is 0 Å². The van der Waals surface area contributed by atoms with Crippen molar-refractivity contribution in [3.63, 3.8) is 0 Å². The monoisotopic (exact) mass is 296 g/mol. The van der Waals surface area contributed by atoms with Crippen LogP contribution < -0.4 is 5.32 Å². The molecule has 1 fully saturated rings. The molecule has 0 amide bonds. The summed E-state index contributed by atoms with van der Waals surface area (Å²) in [6.45, 7) is 1.29. The SMILES string of the molecule is Fc1cccc(Cl)c1[C@H](N1CCNCC1)C(F)(F)F. The maximum absolute atomic E-state index is 13.8. The first-order chi connectivity index (χ1) is 8.91. The van der Waals surface area contributed by atoms with Gasteiger partial charge >= 0.3 is 6.18 Å². The van der Waals surface area contributed by atoms with Gasteiger partial charge in [-0.1, -0.05) is 17.7 Å². The molecule has 1 aromatic rings. The molecule has 2 nitrogen and oxygen atoms in total. The molecule has 0 aromatic heterocycles. The van der Waals surface area contributed by atoms with Crippen LogP contribution in [0.5, 0.6) is 0 Å². The predicted octanol–water partition coefficient (Wildman–Crippen LogP) is 2.99. The quantitative estimate of drug-likeness (QED) is 0.844. The van der Waals surface area contributed by atoms with Crippen LogP contribution in [0.4, 0.5) is 17.6 Å². The van der Waals surface area contributed by atoms with Crippen molar-refractivity contribution in [1.29, 1.82) is 0 Å². The zero-order valence-electron chi connectivity index (χ0n) is 9.97. The Labute approximate surface area is 113 Å². The topological polar surface area (TPSA) is 15.3 Å². The maximum Gasteiger partial charge on any atom is 0.408 e. The Hall–Kier alpha value is -0.850. The fraction of sp³-hybridized carbons (Fsp3) is 0.500. The van der Waals surface area contributed by atoms with Gasteiger partial charge in [0.2, 0.25) is 0 Å². The molecule has 0 aliphatic carbocycles. The molecule has 1 aliphatic rings. The molecule has 1 aromatic carbocycles. The number of hydrogen-bond acceptors (Lipinski definition) is 2. The first-order valence-corrected chi connectivity index (χ1v) is 6.24. The molecule has 1 aliphatic heterocycles. The van der Waals surface area contributed by atoms with Crippen molar-refractivity contribution in [2.45, 2.75) is 12.2 Å². The smallest absolute Gasteiger partial charge is 0.314 e. The number of piperazine rings is 1. The van der Waals surface area contributed by atoms with Crippen LogP contribution in [0, 0.1) is 5.82 Å². The third kappa shape index (κ3) is 3.19. The summed E-state index contributed by atoms with van der Waals surface area (Å²) in [7, 11) is 0. The molecule has 1 atom stereocenters. The number of halogens is 5. The van der Waals surface area contributed by atoms with Crippen molar-refractivity contribution in [1.82, 2.24) is 10.2 Å². The third-order valence-corrected chi connectivity index (χ3v) is 3.43. The summed E-state index contributed by atoms with van der Waals surface area (Å²) in [6, 6.07) is 1.58. The second-order valence-corrected chi connectivity index (χ2v) is 4.77. The van der Waals surface area contributed by atoms with Gasteiger partial charge in [-0.05, 0) is 12.1 Å². The van der Waals surface area contributed by atoms with Crippen molar-refractivity contribution in [3.05, 3.63) is 34.6 Å². The van der Waals surface area contributed by atoms with Crippen molar-refractivity contribution < 1.29 is 17.6 Å². The zero-order chi connectivity index (χ0) is 14.0. The maximum atomic E-state index is 13.8. The lowest BCUT2D eigenvalue weighted by Gasteiger charge is -2.36. The lowest BCUT2D eigenvalue weighted by atomic mass is 10.0. The average molecular weight is 297 g/mol. The minimum atomic E-state index is -4.57. The Morgan fingerprint density at radius 2 is 1.84 bits per heavy atom. The van der Waals surface area contributed by atoms with E-state index in [1.54, 1.807) is 0 Å². The van der Waals surface area contributed by atoms with Gasteiger partial charge in [-0.2, -0.15) is 13.2 Å². The van der Waals surface area contributed by atoms with Crippen molar-refractivity contribution >= 4 is 11.6 Å². The van der Waals surface area contributed by atoms with Gasteiger partial charge in [-0.3, -0.25) is 4.90 Å². The second-order valence-electron chi connectivity index (χ2n) is 4.37. The molecule has 0 spiro atoms. The van der Waals surface area contributed by atoms with E-state index in [2.05, 4.69) is 5.32 Å². The van der Waals surface area contributed by atoms with Crippen LogP contribution in [0.25, 0.3) is 0 Å². The van der Waals surface area contributed by atoms with Crippen LogP contribution in [0.1, 0.15) is 11.6 Å². The highest BCUT2D eigenvalue weighted by Crippen LogP contribution is 2.41. The molecule has 1 heterocycles. The molecule has 1 N–H and O–H groups in total. The highest BCUT2D eigenvalue weighted by Gasteiger charge is 2.47. The lowest BCUT2D eigenvalue weighted by Crippen LogP contribution is -2.49. The van der Waals surface area contributed by atoms with E-state index in [4.69, 9.17) is 11.6 Å². The van der Waals surface area contributed by atoms with Gasteiger partial charge in [0.1, 0.15) is 11.9 Å². The Bertz CT molecular complexity index is 424. The van der Waals surface area contributed by atoms with Crippen molar-refractivity contribution in [2.75, 3.05) is 26.2 Å². The van der Waals surface area contributed by atoms with Gasteiger partial charge in [0, 0.05) is 36.8 Å². The molecular formula is C12H13ClF4N2. The minimum absolute atomic E-state index is 0.194. The first kappa shape index (κ1) is 14.6. The summed E-state index contributed by atoms with van der Waals surface area (Å²) < 4.78 is 53.5. The highest BCUT2D eigenvalue weighted by molar-refractivity contribution is 6.31. The van der Waals surface area contributed by atoms with E-state index in [0.29, 0.717) is 13.1 Å². The Morgan fingerprint density at radius 3 is 2.37 bits per heavy atom. The van der Waals surface area contributed by atoms with E-state index >= 15 is 0 Å². The molecule has 19 heavy (non-hydrogen) atoms. The van der Waals surface area contributed by atoms with Gasteiger partial charge in [-0.25, -0.2) is 4.39 Å². The van der Waals surface area contributed by atoms with Gasteiger partial charge in [-0.15, -0.1) is 0 Å². The Morgan fingerprint density at radius 1 is 1.21 bits per heavy atom. The predicted molar refractivity (Wildman–Crippen MR) is 64.6 cm³/mol. The second kappa shape index (κ2) is 5.64. The normalized spacial score (nSPS) is 19.4. The molecule has 0 bridgehead atoms. The van der Waals surface area contributed by atoms with Crippen LogP contribution in [0.15, 0.2) is 18.2 Å². The van der Waals surface area contributed by atoms with E-state index in [-0.39, 0.29) is 18.1 Å². The number of hydrogen-bond donors (Lipinski definition) is 1. The molecule has 0 radical (unpaired) electrons. The minimum Gasteiger partial charge on any atom is -0.314 e. The Kier molecular flexibility index (Phi) is 4.32. The summed E-state index contributed by atoms with van der Waals surface area (Å²) in [5, 5.41) is 2.77. The molecule has 1 saturated heterocycles. The molecular weight excluding hydrogens is 284 g/mol. The fourth-order valence-electron chi connectivity index (χ4n) is 2.27. The Balaban J connectivity index is 2.43. The number of benzene rings is 1. The number of nitrogens with zero attached hydrogens (tertiary/aromatic N) is 1. The lowest BCUT2D eigenvalue weighted by molar-refractivity contribution is -0.188. The largest absolute Gasteiger partial charge is 0.408 e. The molecule has 0 unspecified atom stereocenters. The van der Waals surface area contributed by atoms with E-state index in [1.165, 1.54) is 17.0 Å². The summed E-state index contributed by atoms with van der Waals surface area (Å²) >= 11 is 5.77. The number of alkyl halides is 3. The van der Waals surface area contributed by atoms with E-state index < -0.39 is 23.6 Å². The van der Waals surface area contributed by atoms with Crippen LogP contribution in [0.2, 0.25) is 5.02 Å². The van der Waals surface area contributed by atoms with Crippen LogP contribution in [-0.2, 0) is 0 Å². The average Bonchev–Trinajstić information content (AvgIpc) is 2.33. The fourth-order valence-corrected chi connectivity index (χ4v) is 2.53. The third-order valence-electron chi connectivity index (χ3n) is 3.10. The van der Waals surface area contributed by atoms with Gasteiger partial charge < -0.3 is 5.32 Å². The van der Waals surface area contributed by atoms with Crippen LogP contribution in [0.3, 0.4) is 0 Å². The summed E-state index contributed by atoms with van der Waals surface area (Å²) in [5.41, 5.74) is -0.487. The zero-order valence-corrected chi connectivity index (χ0v) is 10.7. The highest BCUT2D eigenvalue weighted by atomic mass is 35.5. The van der Waals surface area contributed by atoms with Crippen molar-refractivity contribution in [3.8, 4) is 0 Å². The van der Waals surface area contributed by atoms with Crippen LogP contribution >= 0.6 is 11.6 Å². The number of nitrogens with one attached hydrogen (secondary N) is 1. The summed E-state index contributed by atoms with van der Waals surface area (Å²) in [5.74, 6) is -0.923. The number of rotatable bonds is 2. The van der Waals surface area contributed by atoms with E-state index in [1.807, 2.05) is 0 Å². The summed E-state index contributed by atoms with van der Waals surface area (Å²) in [6.07, 6.45) is -4.57. The van der Waals surface area contributed by atoms with Gasteiger partial charge in [0.25, 0.3) is 0 Å². The first-order valence-electron chi connectivity index (χ1n) is 5.86. The van der Waals surface area contributed by atoms with Crippen LogP contribution in [-0.4, -0.2) is 37.3 Å². The van der Waals surface area contributed by atoms with Gasteiger partial charge in [0.15, 0.2) is 0 Å². The standard InChI is InChI=1S/C12H13ClF4N2/c13-8-2-1-3-9(14)10(8)11(12(15,16)17)19-6-4-18-5-7-19/h1-3,11,18H,4-7H2/t11-/m0/s1. The molecule has 2 rings (SSSR count). The van der Waals surface area contributed by atoms with E-state index in [9.17, 15) is 17.6 Å². The molecule has 0 saturated carbocycles. The van der Waals surface area contributed by atoms with Crippen molar-refractivity contribution in [2.24, 2.45) is 0 Å². The molecule has 7 heteroatoms. The molecule has 106 valence electrons. The van der Waals surface area contributed by atoms with E-state index in [0.717, 1.165) is 6.07 Å². The summed E-state index contributed by atoms with van der Waals surface area (Å²) in [4.78, 5) is 1.21.